The molecule has 0 unspecified atom stereocenters. The third-order valence-corrected chi connectivity index (χ3v) is 6.75. The molecule has 9 nitrogen and oxygen atoms in total. The van der Waals surface area contributed by atoms with Gasteiger partial charge in [0.2, 0.25) is 5.91 Å². The average molecular weight is 471 g/mol. The standard InChI is InChI=1S/C24H31FN6O3/c1-28(17-8-5-4-6-9-17)19-12-11-16(14-18(19)25)27-20(32)10-7-13-31-15-26-22-21(31)23(33)30(3)24(34)29(22)2/h11-12,14-15,17H,4-10,13H2,1-3H3,(H,27,32). The smallest absolute Gasteiger partial charge is 0.332 e. The van der Waals surface area contributed by atoms with E-state index in [1.54, 1.807) is 23.7 Å². The number of hydrogen-bond acceptors (Lipinski definition) is 5. The minimum absolute atomic E-state index is 0.192. The maximum atomic E-state index is 14.8. The summed E-state index contributed by atoms with van der Waals surface area (Å²) in [6.07, 6.45) is 7.88. The van der Waals surface area contributed by atoms with Crippen molar-refractivity contribution < 1.29 is 9.18 Å². The zero-order valence-corrected chi connectivity index (χ0v) is 19.9. The molecule has 34 heavy (non-hydrogen) atoms. The number of hydrogen-bond donors (Lipinski definition) is 1. The number of imidazole rings is 1. The number of aryl methyl sites for hydroxylation is 2. The molecule has 2 heterocycles. The molecular weight excluding hydrogens is 439 g/mol. The molecule has 10 heteroatoms. The first kappa shape index (κ1) is 23.7. The Morgan fingerprint density at radius 2 is 1.91 bits per heavy atom. The van der Waals surface area contributed by atoms with Crippen molar-refractivity contribution >= 4 is 28.4 Å². The number of fused-ring (bicyclic) bond motifs is 1. The molecule has 1 amide bonds. The zero-order valence-electron chi connectivity index (χ0n) is 19.9. The molecule has 1 N–H and O–H groups in total. The lowest BCUT2D eigenvalue weighted by Crippen LogP contribution is -2.37. The van der Waals surface area contributed by atoms with Gasteiger partial charge in [-0.25, -0.2) is 14.2 Å². The Labute approximate surface area is 196 Å². The predicted octanol–water partition coefficient (Wildman–Crippen LogP) is 2.76. The van der Waals surface area contributed by atoms with Gasteiger partial charge in [-0.05, 0) is 37.5 Å². The van der Waals surface area contributed by atoms with Crippen LogP contribution in [0.4, 0.5) is 15.8 Å². The maximum absolute atomic E-state index is 14.8. The highest BCUT2D eigenvalue weighted by Crippen LogP contribution is 2.29. The van der Waals surface area contributed by atoms with Crippen LogP contribution in [0.3, 0.4) is 0 Å². The van der Waals surface area contributed by atoms with Gasteiger partial charge in [0, 0.05) is 45.8 Å². The Morgan fingerprint density at radius 3 is 2.62 bits per heavy atom. The lowest BCUT2D eigenvalue weighted by atomic mass is 9.94. The predicted molar refractivity (Wildman–Crippen MR) is 130 cm³/mol. The molecule has 1 saturated carbocycles. The van der Waals surface area contributed by atoms with Crippen LogP contribution in [-0.4, -0.2) is 37.7 Å². The fraction of sp³-hybridized carbons (Fsp3) is 0.500. The molecule has 0 saturated heterocycles. The molecule has 1 fully saturated rings. The zero-order chi connectivity index (χ0) is 24.4. The van der Waals surface area contributed by atoms with Gasteiger partial charge < -0.3 is 14.8 Å². The van der Waals surface area contributed by atoms with E-state index in [9.17, 15) is 18.8 Å². The van der Waals surface area contributed by atoms with Gasteiger partial charge in [0.15, 0.2) is 11.2 Å². The molecule has 0 radical (unpaired) electrons. The lowest BCUT2D eigenvalue weighted by Gasteiger charge is -2.33. The maximum Gasteiger partial charge on any atom is 0.332 e. The van der Waals surface area contributed by atoms with Gasteiger partial charge in [0.25, 0.3) is 5.56 Å². The molecule has 182 valence electrons. The van der Waals surface area contributed by atoms with E-state index >= 15 is 0 Å². The van der Waals surface area contributed by atoms with Crippen LogP contribution in [0.2, 0.25) is 0 Å². The molecule has 1 aliphatic rings. The largest absolute Gasteiger partial charge is 0.369 e. The van der Waals surface area contributed by atoms with Crippen LogP contribution in [0.1, 0.15) is 44.9 Å². The normalized spacial score (nSPS) is 14.5. The van der Waals surface area contributed by atoms with Gasteiger partial charge >= 0.3 is 5.69 Å². The SMILES string of the molecule is CN(c1ccc(NC(=O)CCCn2cnc3c2c(=O)n(C)c(=O)n3C)cc1F)C1CCCCC1. The third kappa shape index (κ3) is 4.62. The summed E-state index contributed by atoms with van der Waals surface area (Å²) in [5.41, 5.74) is 0.739. The summed E-state index contributed by atoms with van der Waals surface area (Å²) in [5.74, 6) is -0.588. The molecule has 3 aromatic rings. The highest BCUT2D eigenvalue weighted by Gasteiger charge is 2.21. The highest BCUT2D eigenvalue weighted by atomic mass is 19.1. The van der Waals surface area contributed by atoms with Crippen molar-refractivity contribution in [3.05, 3.63) is 51.2 Å². The summed E-state index contributed by atoms with van der Waals surface area (Å²) >= 11 is 0. The van der Waals surface area contributed by atoms with E-state index in [1.807, 2.05) is 11.9 Å². The molecule has 0 aliphatic heterocycles. The van der Waals surface area contributed by atoms with Gasteiger partial charge in [-0.3, -0.25) is 18.7 Å². The number of anilines is 2. The average Bonchev–Trinajstić information content (AvgIpc) is 3.25. The van der Waals surface area contributed by atoms with Crippen molar-refractivity contribution in [1.82, 2.24) is 18.7 Å². The van der Waals surface area contributed by atoms with Crippen LogP contribution in [-0.2, 0) is 25.4 Å². The summed E-state index contributed by atoms with van der Waals surface area (Å²) < 4.78 is 18.8. The van der Waals surface area contributed by atoms with E-state index in [0.717, 1.165) is 17.4 Å². The van der Waals surface area contributed by atoms with Crippen molar-refractivity contribution in [3.63, 3.8) is 0 Å². The van der Waals surface area contributed by atoms with Gasteiger partial charge in [0.1, 0.15) is 5.82 Å². The first-order chi connectivity index (χ1) is 16.3. The van der Waals surface area contributed by atoms with Crippen LogP contribution in [0.15, 0.2) is 34.1 Å². The minimum atomic E-state index is -0.440. The second kappa shape index (κ2) is 9.82. The first-order valence-electron chi connectivity index (χ1n) is 11.7. The highest BCUT2D eigenvalue weighted by molar-refractivity contribution is 5.90. The lowest BCUT2D eigenvalue weighted by molar-refractivity contribution is -0.116. The first-order valence-corrected chi connectivity index (χ1v) is 11.7. The number of nitrogens with one attached hydrogen (secondary N) is 1. The number of rotatable bonds is 7. The monoisotopic (exact) mass is 470 g/mol. The third-order valence-electron chi connectivity index (χ3n) is 6.75. The Morgan fingerprint density at radius 1 is 1.18 bits per heavy atom. The van der Waals surface area contributed by atoms with Gasteiger partial charge in [0.05, 0.1) is 12.0 Å². The van der Waals surface area contributed by atoms with Crippen LogP contribution >= 0.6 is 0 Å². The van der Waals surface area contributed by atoms with E-state index in [4.69, 9.17) is 0 Å². The van der Waals surface area contributed by atoms with Crippen LogP contribution in [0.5, 0.6) is 0 Å². The van der Waals surface area contributed by atoms with Crippen LogP contribution in [0, 0.1) is 5.82 Å². The molecule has 1 aromatic carbocycles. The Hall–Kier alpha value is -3.43. The Bertz CT molecular complexity index is 1320. The molecule has 2 aromatic heterocycles. The minimum Gasteiger partial charge on any atom is -0.369 e. The van der Waals surface area contributed by atoms with Crippen molar-refractivity contribution in [2.24, 2.45) is 14.1 Å². The summed E-state index contributed by atoms with van der Waals surface area (Å²) in [6, 6.07) is 5.16. The van der Waals surface area contributed by atoms with Gasteiger partial charge in [-0.1, -0.05) is 19.3 Å². The number of nitrogens with zero attached hydrogens (tertiary/aromatic N) is 5. The van der Waals surface area contributed by atoms with Gasteiger partial charge in [-0.2, -0.15) is 0 Å². The summed E-state index contributed by atoms with van der Waals surface area (Å²) in [4.78, 5) is 43.2. The van der Waals surface area contributed by atoms with Crippen LogP contribution in [0.25, 0.3) is 11.2 Å². The summed E-state index contributed by atoms with van der Waals surface area (Å²) in [6.45, 7) is 0.386. The van der Waals surface area contributed by atoms with E-state index in [-0.39, 0.29) is 18.1 Å². The number of aromatic nitrogens is 4. The van der Waals surface area contributed by atoms with Crippen molar-refractivity contribution in [2.75, 3.05) is 17.3 Å². The van der Waals surface area contributed by atoms with Crippen molar-refractivity contribution in [2.45, 2.75) is 57.5 Å². The van der Waals surface area contributed by atoms with Crippen molar-refractivity contribution in [1.29, 1.82) is 0 Å². The summed E-state index contributed by atoms with van der Waals surface area (Å²) in [5, 5.41) is 2.75. The molecule has 0 bridgehead atoms. The second-order valence-electron chi connectivity index (χ2n) is 9.04. The summed E-state index contributed by atoms with van der Waals surface area (Å²) in [7, 11) is 4.91. The number of halogens is 1. The molecule has 0 spiro atoms. The van der Waals surface area contributed by atoms with E-state index in [1.165, 1.54) is 43.3 Å². The van der Waals surface area contributed by atoms with Gasteiger partial charge in [-0.15, -0.1) is 0 Å². The van der Waals surface area contributed by atoms with E-state index in [2.05, 4.69) is 10.3 Å². The number of amides is 1. The Balaban J connectivity index is 1.36. The topological polar surface area (TPSA) is 94.2 Å². The van der Waals surface area contributed by atoms with E-state index in [0.29, 0.717) is 41.5 Å². The molecule has 4 rings (SSSR count). The quantitative estimate of drug-likeness (QED) is 0.573. The Kier molecular flexibility index (Phi) is 6.85. The number of carbonyl (C=O) groups excluding carboxylic acids is 1. The fourth-order valence-electron chi connectivity index (χ4n) is 4.74. The molecular formula is C24H31FN6O3. The number of carbonyl (C=O) groups is 1. The fourth-order valence-corrected chi connectivity index (χ4v) is 4.74. The van der Waals surface area contributed by atoms with Crippen LogP contribution < -0.4 is 21.5 Å². The number of benzene rings is 1. The second-order valence-corrected chi connectivity index (χ2v) is 9.04. The van der Waals surface area contributed by atoms with Crippen molar-refractivity contribution in [3.8, 4) is 0 Å². The molecule has 1 aliphatic carbocycles. The van der Waals surface area contributed by atoms with E-state index < -0.39 is 11.2 Å². The molecule has 0 atom stereocenters.